The topological polar surface area (TPSA) is 37.3 Å². The molecule has 1 rings (SSSR count). The Morgan fingerprint density at radius 3 is 2.00 bits per heavy atom. The average molecular weight is 292 g/mol. The molecule has 0 saturated carbocycles. The maximum atomic E-state index is 9.98. The minimum Gasteiger partial charge on any atom is -0.396 e. The van der Waals surface area contributed by atoms with Gasteiger partial charge in [0, 0.05) is 13.0 Å². The maximum Gasteiger partial charge on any atom is 0.119 e. The van der Waals surface area contributed by atoms with Crippen LogP contribution in [0, 0.1) is 0 Å². The van der Waals surface area contributed by atoms with E-state index < -0.39 is 0 Å². The molecule has 0 bridgehead atoms. The molecule has 0 aliphatic heterocycles. The van der Waals surface area contributed by atoms with E-state index in [1.54, 1.807) is 0 Å². The van der Waals surface area contributed by atoms with Crippen molar-refractivity contribution >= 4 is 6.29 Å². The van der Waals surface area contributed by atoms with Crippen LogP contribution in [0.15, 0.2) is 30.3 Å². The lowest BCUT2D eigenvalue weighted by atomic mass is 10.1. The van der Waals surface area contributed by atoms with Gasteiger partial charge in [0.15, 0.2) is 0 Å². The summed E-state index contributed by atoms with van der Waals surface area (Å²) >= 11 is 0. The van der Waals surface area contributed by atoms with E-state index in [0.717, 1.165) is 25.5 Å². The fourth-order valence-electron chi connectivity index (χ4n) is 2.14. The highest BCUT2D eigenvalue weighted by Gasteiger charge is 1.90. The number of unbranched alkanes of at least 4 members (excludes halogenated alkanes) is 8. The number of aliphatic hydroxyl groups excluding tert-OH is 1. The quantitative estimate of drug-likeness (QED) is 0.463. The fourth-order valence-corrected chi connectivity index (χ4v) is 2.14. The lowest BCUT2D eigenvalue weighted by Crippen LogP contribution is -1.88. The van der Waals surface area contributed by atoms with Gasteiger partial charge in [0.2, 0.25) is 0 Å². The van der Waals surface area contributed by atoms with Crippen molar-refractivity contribution < 1.29 is 9.90 Å². The summed E-state index contributed by atoms with van der Waals surface area (Å²) < 4.78 is 0. The standard InChI is InChI=1S/C11H22O.C8H10O/c1-2-3-4-5-6-7-8-9-10-11-12;9-7-6-8-4-2-1-3-5-8/h11H,2-10H2,1H3;1-5,9H,6-7H2. The van der Waals surface area contributed by atoms with Crippen LogP contribution >= 0.6 is 0 Å². The molecule has 0 aliphatic rings. The van der Waals surface area contributed by atoms with Crippen molar-refractivity contribution in [3.05, 3.63) is 35.9 Å². The van der Waals surface area contributed by atoms with Crippen molar-refractivity contribution in [3.8, 4) is 0 Å². The van der Waals surface area contributed by atoms with Crippen molar-refractivity contribution in [3.63, 3.8) is 0 Å². The van der Waals surface area contributed by atoms with Gasteiger partial charge in [-0.25, -0.2) is 0 Å². The summed E-state index contributed by atoms with van der Waals surface area (Å²) in [7, 11) is 0. The highest BCUT2D eigenvalue weighted by atomic mass is 16.2. The third kappa shape index (κ3) is 15.1. The largest absolute Gasteiger partial charge is 0.396 e. The second-order valence-electron chi connectivity index (χ2n) is 5.39. The summed E-state index contributed by atoms with van der Waals surface area (Å²) in [6.45, 7) is 2.48. The first kappa shape index (κ1) is 19.9. The fraction of sp³-hybridized carbons (Fsp3) is 0.632. The van der Waals surface area contributed by atoms with Gasteiger partial charge in [-0.1, -0.05) is 82.2 Å². The van der Waals surface area contributed by atoms with E-state index in [2.05, 4.69) is 6.92 Å². The van der Waals surface area contributed by atoms with Crippen LogP contribution in [0.25, 0.3) is 0 Å². The molecule has 1 N–H and O–H groups in total. The Hall–Kier alpha value is -1.15. The summed E-state index contributed by atoms with van der Waals surface area (Å²) in [6.07, 6.45) is 13.0. The van der Waals surface area contributed by atoms with Gasteiger partial charge in [0.25, 0.3) is 0 Å². The smallest absolute Gasteiger partial charge is 0.119 e. The van der Waals surface area contributed by atoms with Gasteiger partial charge in [-0.15, -0.1) is 0 Å². The number of carbonyl (C=O) groups excluding carboxylic acids is 1. The number of carbonyl (C=O) groups is 1. The van der Waals surface area contributed by atoms with Gasteiger partial charge in [-0.3, -0.25) is 0 Å². The molecule has 120 valence electrons. The Bertz CT molecular complexity index is 309. The molecule has 0 amide bonds. The molecule has 2 heteroatoms. The van der Waals surface area contributed by atoms with E-state index in [0.29, 0.717) is 0 Å². The van der Waals surface area contributed by atoms with Crippen LogP contribution in [-0.2, 0) is 11.2 Å². The van der Waals surface area contributed by atoms with E-state index in [9.17, 15) is 4.79 Å². The minimum absolute atomic E-state index is 0.240. The molecule has 0 atom stereocenters. The summed E-state index contributed by atoms with van der Waals surface area (Å²) in [5.74, 6) is 0. The molecule has 0 spiro atoms. The van der Waals surface area contributed by atoms with Crippen LogP contribution in [-0.4, -0.2) is 18.0 Å². The molecule has 0 aliphatic carbocycles. The lowest BCUT2D eigenvalue weighted by molar-refractivity contribution is -0.107. The summed E-state index contributed by atoms with van der Waals surface area (Å²) in [5, 5.41) is 8.52. The van der Waals surface area contributed by atoms with Crippen LogP contribution < -0.4 is 0 Å². The third-order valence-electron chi connectivity index (χ3n) is 3.42. The number of aldehydes is 1. The van der Waals surface area contributed by atoms with Crippen molar-refractivity contribution in [1.82, 2.24) is 0 Å². The molecule has 1 aromatic carbocycles. The predicted molar refractivity (Wildman–Crippen MR) is 90.5 cm³/mol. The van der Waals surface area contributed by atoms with Crippen LogP contribution in [0.5, 0.6) is 0 Å². The lowest BCUT2D eigenvalue weighted by Gasteiger charge is -1.98. The average Bonchev–Trinajstić information content (AvgIpc) is 2.52. The van der Waals surface area contributed by atoms with Gasteiger partial charge in [-0.2, -0.15) is 0 Å². The Morgan fingerprint density at radius 2 is 1.48 bits per heavy atom. The first-order valence-electron chi connectivity index (χ1n) is 8.43. The molecule has 0 saturated heterocycles. The molecule has 2 nitrogen and oxygen atoms in total. The maximum absolute atomic E-state index is 9.98. The summed E-state index contributed by atoms with van der Waals surface area (Å²) in [4.78, 5) is 9.98. The second kappa shape index (κ2) is 16.9. The molecule has 21 heavy (non-hydrogen) atoms. The molecule has 0 heterocycles. The highest BCUT2D eigenvalue weighted by molar-refractivity contribution is 5.48. The van der Waals surface area contributed by atoms with Crippen molar-refractivity contribution in [2.24, 2.45) is 0 Å². The van der Waals surface area contributed by atoms with Gasteiger partial charge < -0.3 is 9.90 Å². The first-order valence-corrected chi connectivity index (χ1v) is 8.43. The number of hydrogen-bond acceptors (Lipinski definition) is 2. The molecule has 0 aromatic heterocycles. The molecular formula is C19H32O2. The zero-order valence-electron chi connectivity index (χ0n) is 13.6. The molecule has 0 radical (unpaired) electrons. The third-order valence-corrected chi connectivity index (χ3v) is 3.42. The predicted octanol–water partition coefficient (Wildman–Crippen LogP) is 4.94. The van der Waals surface area contributed by atoms with E-state index in [1.807, 2.05) is 30.3 Å². The summed E-state index contributed by atoms with van der Waals surface area (Å²) in [6, 6.07) is 9.95. The molecule has 0 fully saturated rings. The van der Waals surface area contributed by atoms with E-state index in [4.69, 9.17) is 5.11 Å². The Morgan fingerprint density at radius 1 is 0.905 bits per heavy atom. The number of aliphatic hydroxyl groups is 1. The van der Waals surface area contributed by atoms with Crippen LogP contribution in [0.4, 0.5) is 0 Å². The summed E-state index contributed by atoms with van der Waals surface area (Å²) in [5.41, 5.74) is 1.19. The van der Waals surface area contributed by atoms with Crippen LogP contribution in [0.3, 0.4) is 0 Å². The Kier molecular flexibility index (Phi) is 16.0. The van der Waals surface area contributed by atoms with E-state index in [-0.39, 0.29) is 6.61 Å². The number of rotatable bonds is 11. The van der Waals surface area contributed by atoms with Gasteiger partial charge in [-0.05, 0) is 18.4 Å². The minimum atomic E-state index is 0.240. The van der Waals surface area contributed by atoms with Crippen LogP contribution in [0.1, 0.15) is 70.3 Å². The highest BCUT2D eigenvalue weighted by Crippen LogP contribution is 2.08. The molecule has 0 unspecified atom stereocenters. The van der Waals surface area contributed by atoms with Gasteiger partial charge >= 0.3 is 0 Å². The van der Waals surface area contributed by atoms with Gasteiger partial charge in [0.05, 0.1) is 0 Å². The molecular weight excluding hydrogens is 260 g/mol. The Balaban J connectivity index is 0.000000394. The molecule has 1 aromatic rings. The van der Waals surface area contributed by atoms with Crippen molar-refractivity contribution in [2.75, 3.05) is 6.61 Å². The van der Waals surface area contributed by atoms with Crippen molar-refractivity contribution in [1.29, 1.82) is 0 Å². The second-order valence-corrected chi connectivity index (χ2v) is 5.39. The van der Waals surface area contributed by atoms with Gasteiger partial charge in [0.1, 0.15) is 6.29 Å². The zero-order chi connectivity index (χ0) is 15.6. The van der Waals surface area contributed by atoms with Crippen LogP contribution in [0.2, 0.25) is 0 Å². The normalized spacial score (nSPS) is 9.81. The van der Waals surface area contributed by atoms with E-state index in [1.165, 1.54) is 50.5 Å². The first-order chi connectivity index (χ1) is 10.3. The zero-order valence-corrected chi connectivity index (χ0v) is 13.6. The number of hydrogen-bond donors (Lipinski definition) is 1. The Labute approximate surface area is 130 Å². The monoisotopic (exact) mass is 292 g/mol. The SMILES string of the molecule is CCCCCCCCCCC=O.OCCc1ccccc1. The number of benzene rings is 1. The van der Waals surface area contributed by atoms with E-state index >= 15 is 0 Å². The van der Waals surface area contributed by atoms with Crippen molar-refractivity contribution in [2.45, 2.75) is 71.1 Å².